The van der Waals surface area contributed by atoms with Gasteiger partial charge in [-0.3, -0.25) is 0 Å². The minimum atomic E-state index is 0. The maximum Gasteiger partial charge on any atom is 3.00 e. The van der Waals surface area contributed by atoms with Crippen LogP contribution in [0.4, 0.5) is 0 Å². The Bertz CT molecular complexity index is 40.2. The summed E-state index contributed by atoms with van der Waals surface area (Å²) in [5.41, 5.74) is 0. The zero-order valence-corrected chi connectivity index (χ0v) is 14.1. The number of unbranched alkanes of at least 4 members (excludes halogenated alkanes) is 1. The van der Waals surface area contributed by atoms with Gasteiger partial charge in [0.25, 0.3) is 0 Å². The molecule has 16 heavy (non-hydrogen) atoms. The van der Waals surface area contributed by atoms with Gasteiger partial charge in [-0.15, -0.1) is 12.4 Å². The van der Waals surface area contributed by atoms with E-state index in [-0.39, 0.29) is 34.1 Å². The van der Waals surface area contributed by atoms with Gasteiger partial charge in [-0.2, -0.15) is 19.3 Å². The maximum absolute atomic E-state index is 8.07. The Labute approximate surface area is 126 Å². The average Bonchev–Trinajstić information content (AvgIpc) is 2.09. The number of rotatable bonds is 2. The molecule has 0 fully saturated rings. The van der Waals surface area contributed by atoms with Crippen LogP contribution in [-0.2, 0) is 21.7 Å². The monoisotopic (exact) mass is 287 g/mol. The fourth-order valence-corrected chi connectivity index (χ4v) is 0.158. The van der Waals surface area contributed by atoms with E-state index < -0.39 is 0 Å². The van der Waals surface area contributed by atoms with E-state index in [2.05, 4.69) is 27.7 Å². The van der Waals surface area contributed by atoms with Gasteiger partial charge in [-0.1, -0.05) is 34.1 Å². The number of aliphatic hydroxyl groups is 1. The molecule has 0 atom stereocenters. The van der Waals surface area contributed by atoms with Gasteiger partial charge in [0, 0.05) is 6.61 Å². The molecule has 0 aliphatic heterocycles. The molecule has 1 nitrogen and oxygen atoms in total. The quantitative estimate of drug-likeness (QED) is 0.566. The van der Waals surface area contributed by atoms with E-state index in [4.69, 9.17) is 5.11 Å². The van der Waals surface area contributed by atoms with E-state index in [1.807, 2.05) is 20.8 Å². The molecule has 1 N–H and O–H groups in total. The van der Waals surface area contributed by atoms with Gasteiger partial charge in [0.05, 0.1) is 0 Å². The summed E-state index contributed by atoms with van der Waals surface area (Å²) in [6, 6.07) is 0. The van der Waals surface area contributed by atoms with Crippen LogP contribution < -0.4 is 0 Å². The normalized spacial score (nSPS) is 6.00. The molecule has 0 aromatic heterocycles. The van der Waals surface area contributed by atoms with Gasteiger partial charge >= 0.3 is 21.7 Å². The second kappa shape index (κ2) is 73.7. The summed E-state index contributed by atoms with van der Waals surface area (Å²) in [7, 11) is 0. The van der Waals surface area contributed by atoms with Crippen molar-refractivity contribution >= 4 is 12.4 Å². The minimum absolute atomic E-state index is 0. The summed E-state index contributed by atoms with van der Waals surface area (Å²) in [6.45, 7) is 18.9. The molecule has 0 saturated heterocycles. The van der Waals surface area contributed by atoms with Crippen molar-refractivity contribution in [2.24, 2.45) is 0 Å². The largest absolute Gasteiger partial charge is 3.00 e. The molecule has 0 aromatic carbocycles. The van der Waals surface area contributed by atoms with Gasteiger partial charge in [-0.25, -0.2) is 0 Å². The zero-order valence-electron chi connectivity index (χ0n) is 11.7. The smallest absolute Gasteiger partial charge is 0.396 e. The second-order valence-electron chi connectivity index (χ2n) is 2.58. The van der Waals surface area contributed by atoms with E-state index in [0.29, 0.717) is 6.61 Å². The summed E-state index contributed by atoms with van der Waals surface area (Å²) in [4.78, 5) is 0. The van der Waals surface area contributed by atoms with Crippen LogP contribution in [0.3, 0.4) is 0 Å². The van der Waals surface area contributed by atoms with Crippen LogP contribution in [0.5, 0.6) is 0 Å². The molecule has 0 saturated carbocycles. The van der Waals surface area contributed by atoms with Crippen LogP contribution >= 0.6 is 12.4 Å². The number of aliphatic hydroxyl groups excluding tert-OH is 1. The van der Waals surface area contributed by atoms with Crippen molar-refractivity contribution in [3.8, 4) is 0 Å². The number of halogens is 1. The van der Waals surface area contributed by atoms with Crippen LogP contribution in [0, 0.1) is 20.8 Å². The minimum Gasteiger partial charge on any atom is -0.396 e. The van der Waals surface area contributed by atoms with Crippen LogP contribution in [0.2, 0.25) is 0 Å². The van der Waals surface area contributed by atoms with E-state index >= 15 is 0 Å². The molecule has 0 heterocycles. The second-order valence-corrected chi connectivity index (χ2v) is 2.58. The third-order valence-electron chi connectivity index (χ3n) is 0.512. The summed E-state index contributed by atoms with van der Waals surface area (Å²) < 4.78 is 0. The van der Waals surface area contributed by atoms with Crippen molar-refractivity contribution in [3.05, 3.63) is 20.8 Å². The van der Waals surface area contributed by atoms with Crippen molar-refractivity contribution in [2.75, 3.05) is 6.61 Å². The first-order chi connectivity index (χ1) is 6.66. The van der Waals surface area contributed by atoms with Gasteiger partial charge in [-0.05, 0) is 6.42 Å². The summed E-state index contributed by atoms with van der Waals surface area (Å²) in [5, 5.41) is 8.07. The first-order valence-corrected chi connectivity index (χ1v) is 5.64. The molecule has 0 bridgehead atoms. The summed E-state index contributed by atoms with van der Waals surface area (Å²) in [5.74, 6) is 0. The molecule has 101 valence electrons. The van der Waals surface area contributed by atoms with Gasteiger partial charge < -0.3 is 25.9 Å². The Kier molecular flexibility index (Phi) is 166. The predicted molar refractivity (Wildman–Crippen MR) is 76.2 cm³/mol. The predicted octanol–water partition coefficient (Wildman–Crippen LogP) is 4.89. The Morgan fingerprint density at radius 1 is 0.812 bits per heavy atom. The Hall–Kier alpha value is 0.964. The molecule has 0 aliphatic carbocycles. The zero-order chi connectivity index (χ0) is 12.2. The van der Waals surface area contributed by atoms with Gasteiger partial charge in [0.1, 0.15) is 0 Å². The van der Waals surface area contributed by atoms with Crippen LogP contribution in [0.25, 0.3) is 0 Å². The Morgan fingerprint density at radius 2 is 1.00 bits per heavy atom. The van der Waals surface area contributed by atoms with E-state index in [9.17, 15) is 0 Å². The van der Waals surface area contributed by atoms with Gasteiger partial charge in [0.2, 0.25) is 0 Å². The van der Waals surface area contributed by atoms with Crippen molar-refractivity contribution in [3.63, 3.8) is 0 Å². The van der Waals surface area contributed by atoms with Gasteiger partial charge in [0.15, 0.2) is 0 Å². The van der Waals surface area contributed by atoms with E-state index in [0.717, 1.165) is 32.1 Å². The van der Waals surface area contributed by atoms with E-state index in [1.165, 1.54) is 0 Å². The molecule has 1 radical (unpaired) electrons. The third-order valence-corrected chi connectivity index (χ3v) is 0.512. The Balaban J connectivity index is -0.0000000206. The summed E-state index contributed by atoms with van der Waals surface area (Å²) >= 11 is 0. The molecule has 3 heteroatoms. The first kappa shape index (κ1) is 36.0. The molecule has 0 spiro atoms. The number of hydrogen-bond acceptors (Lipinski definition) is 1. The maximum atomic E-state index is 8.07. The van der Waals surface area contributed by atoms with Crippen molar-refractivity contribution in [1.82, 2.24) is 0 Å². The molecule has 0 aliphatic rings. The number of hydrogen-bond donors (Lipinski definition) is 1. The topological polar surface area (TPSA) is 20.2 Å². The standard InChI is InChI=1S/C4H10O.3C3H7.ClH.Ti/c1-2-3-4-5;3*1-3-2;;/h5H,2-4H2,1H3;3*1,3H2,2H3;1H;/q;3*-1;;+3. The molecule has 0 amide bonds. The summed E-state index contributed by atoms with van der Waals surface area (Å²) in [6.07, 6.45) is 5.04. The SMILES string of the molecule is CCCCO.Cl.[CH2-]CC.[CH2-]CC.[CH2-]CC.[Ti+3]. The van der Waals surface area contributed by atoms with Crippen molar-refractivity contribution in [1.29, 1.82) is 0 Å². The average molecular weight is 288 g/mol. The first-order valence-electron chi connectivity index (χ1n) is 5.64. The molecule has 0 unspecified atom stereocenters. The molecule has 0 rings (SSSR count). The molecular weight excluding hydrogens is 255 g/mol. The fraction of sp³-hybridized carbons (Fsp3) is 0.769. The van der Waals surface area contributed by atoms with Crippen LogP contribution in [0.15, 0.2) is 0 Å². The fourth-order valence-electron chi connectivity index (χ4n) is 0.158. The molecular formula is C13H32ClOTi. The third kappa shape index (κ3) is 332. The van der Waals surface area contributed by atoms with Crippen molar-refractivity contribution < 1.29 is 26.8 Å². The van der Waals surface area contributed by atoms with Crippen LogP contribution in [-0.4, -0.2) is 11.7 Å². The van der Waals surface area contributed by atoms with E-state index in [1.54, 1.807) is 0 Å². The van der Waals surface area contributed by atoms with Crippen molar-refractivity contribution in [2.45, 2.75) is 59.8 Å². The Morgan fingerprint density at radius 3 is 1.00 bits per heavy atom. The van der Waals surface area contributed by atoms with Crippen LogP contribution in [0.1, 0.15) is 59.8 Å². The molecule has 0 aromatic rings.